The summed E-state index contributed by atoms with van der Waals surface area (Å²) in [6, 6.07) is 0. The van der Waals surface area contributed by atoms with Gasteiger partial charge in [-0.3, -0.25) is 4.79 Å². The number of amides is 1. The van der Waals surface area contributed by atoms with Gasteiger partial charge in [-0.15, -0.1) is 0 Å². The van der Waals surface area contributed by atoms with E-state index in [1.54, 1.807) is 0 Å². The van der Waals surface area contributed by atoms with Crippen LogP contribution in [0.1, 0.15) is 26.7 Å². The van der Waals surface area contributed by atoms with Crippen molar-refractivity contribution in [2.45, 2.75) is 39.0 Å². The maximum Gasteiger partial charge on any atom is 0.356 e. The van der Waals surface area contributed by atoms with Crippen LogP contribution >= 0.6 is 0 Å². The summed E-state index contributed by atoms with van der Waals surface area (Å²) in [5, 5.41) is 11.3. The average Bonchev–Trinajstić information content (AvgIpc) is 2.34. The van der Waals surface area contributed by atoms with E-state index in [4.69, 9.17) is 14.6 Å². The number of hydrogen-bond donors (Lipinski definition) is 2. The Balaban J connectivity index is 4.28. The van der Waals surface area contributed by atoms with Gasteiger partial charge in [0.25, 0.3) is 0 Å². The van der Waals surface area contributed by atoms with E-state index >= 15 is 0 Å². The smallest absolute Gasteiger partial charge is 0.356 e. The van der Waals surface area contributed by atoms with E-state index in [0.717, 1.165) is 18.9 Å². The van der Waals surface area contributed by atoms with Gasteiger partial charge in [-0.1, -0.05) is 19.9 Å². The van der Waals surface area contributed by atoms with E-state index in [2.05, 4.69) is 11.9 Å². The van der Waals surface area contributed by atoms with Crippen LogP contribution in [0.3, 0.4) is 0 Å². The lowest BCUT2D eigenvalue weighted by molar-refractivity contribution is -0.163. The van der Waals surface area contributed by atoms with E-state index < -0.39 is 24.2 Å². The maximum absolute atomic E-state index is 11.6. The van der Waals surface area contributed by atoms with Gasteiger partial charge in [-0.05, 0) is 19.4 Å². The van der Waals surface area contributed by atoms with Crippen LogP contribution in [0, 0.1) is 0 Å². The number of nitrogens with one attached hydrogen (secondary N) is 1. The molecule has 18 heavy (non-hydrogen) atoms. The Morgan fingerprint density at radius 1 is 1.50 bits per heavy atom. The van der Waals surface area contributed by atoms with Crippen molar-refractivity contribution in [3.05, 3.63) is 12.7 Å². The average molecular weight is 259 g/mol. The van der Waals surface area contributed by atoms with Gasteiger partial charge in [0.1, 0.15) is 6.61 Å². The largest absolute Gasteiger partial charge is 0.460 e. The molecule has 0 spiro atoms. The molecule has 0 aliphatic heterocycles. The van der Waals surface area contributed by atoms with Crippen LogP contribution in [0.15, 0.2) is 12.7 Å². The van der Waals surface area contributed by atoms with Crippen LogP contribution in [0.2, 0.25) is 0 Å². The van der Waals surface area contributed by atoms with E-state index in [1.165, 1.54) is 6.92 Å². The molecule has 0 aliphatic rings. The van der Waals surface area contributed by atoms with Gasteiger partial charge in [0.2, 0.25) is 12.1 Å². The van der Waals surface area contributed by atoms with Crippen LogP contribution in [-0.4, -0.2) is 42.5 Å². The molecule has 0 aromatic heterocycles. The quantitative estimate of drug-likeness (QED) is 0.270. The Kier molecular flexibility index (Phi) is 8.86. The summed E-state index contributed by atoms with van der Waals surface area (Å²) in [7, 11) is 0. The van der Waals surface area contributed by atoms with E-state index in [1.807, 2.05) is 6.92 Å². The number of aliphatic hydroxyl groups is 1. The van der Waals surface area contributed by atoms with Crippen molar-refractivity contribution in [1.29, 1.82) is 0 Å². The Bertz CT molecular complexity index is 278. The minimum Gasteiger partial charge on any atom is -0.460 e. The molecule has 6 nitrogen and oxygen atoms in total. The van der Waals surface area contributed by atoms with Crippen LogP contribution in [-0.2, 0) is 19.1 Å². The first-order valence-corrected chi connectivity index (χ1v) is 5.90. The highest BCUT2D eigenvalue weighted by molar-refractivity contribution is 5.90. The van der Waals surface area contributed by atoms with Crippen LogP contribution < -0.4 is 5.32 Å². The summed E-state index contributed by atoms with van der Waals surface area (Å²) in [6.45, 7) is 6.94. The topological polar surface area (TPSA) is 84.9 Å². The monoisotopic (exact) mass is 259 g/mol. The van der Waals surface area contributed by atoms with E-state index in [0.29, 0.717) is 6.61 Å². The molecule has 0 fully saturated rings. The third-order valence-corrected chi connectivity index (χ3v) is 1.92. The SMILES string of the molecule is C=CC(=O)NC(OCCCC)C(=O)OCC(C)O. The molecule has 0 saturated carbocycles. The first-order chi connectivity index (χ1) is 8.51. The summed E-state index contributed by atoms with van der Waals surface area (Å²) in [5.74, 6) is -1.26. The molecule has 0 rings (SSSR count). The van der Waals surface area contributed by atoms with Crippen molar-refractivity contribution in [2.75, 3.05) is 13.2 Å². The third kappa shape index (κ3) is 7.81. The number of esters is 1. The lowest BCUT2D eigenvalue weighted by Gasteiger charge is -2.17. The molecule has 104 valence electrons. The predicted octanol–water partition coefficient (Wildman–Crippen LogP) is 0.355. The fourth-order valence-corrected chi connectivity index (χ4v) is 0.981. The highest BCUT2D eigenvalue weighted by Crippen LogP contribution is 1.98. The second-order valence-corrected chi connectivity index (χ2v) is 3.80. The fraction of sp³-hybridized carbons (Fsp3) is 0.667. The van der Waals surface area contributed by atoms with Crippen molar-refractivity contribution in [2.24, 2.45) is 0 Å². The molecule has 0 aromatic rings. The Morgan fingerprint density at radius 3 is 2.67 bits per heavy atom. The van der Waals surface area contributed by atoms with Gasteiger partial charge in [0.15, 0.2) is 0 Å². The number of aliphatic hydroxyl groups excluding tert-OH is 1. The van der Waals surface area contributed by atoms with Crippen molar-refractivity contribution in [3.63, 3.8) is 0 Å². The fourth-order valence-electron chi connectivity index (χ4n) is 0.981. The molecule has 2 atom stereocenters. The second-order valence-electron chi connectivity index (χ2n) is 3.80. The highest BCUT2D eigenvalue weighted by atomic mass is 16.6. The van der Waals surface area contributed by atoms with E-state index in [-0.39, 0.29) is 6.61 Å². The molecular formula is C12H21NO5. The summed E-state index contributed by atoms with van der Waals surface area (Å²) in [4.78, 5) is 22.7. The van der Waals surface area contributed by atoms with Crippen LogP contribution in [0.4, 0.5) is 0 Å². The molecule has 2 N–H and O–H groups in total. The number of carbonyl (C=O) groups excluding carboxylic acids is 2. The molecule has 1 amide bonds. The summed E-state index contributed by atoms with van der Waals surface area (Å²) >= 11 is 0. The number of hydrogen-bond acceptors (Lipinski definition) is 5. The van der Waals surface area contributed by atoms with Gasteiger partial charge in [-0.2, -0.15) is 0 Å². The minimum atomic E-state index is -1.17. The second kappa shape index (κ2) is 9.61. The molecule has 0 heterocycles. The van der Waals surface area contributed by atoms with Crippen molar-refractivity contribution in [1.82, 2.24) is 5.32 Å². The Morgan fingerprint density at radius 2 is 2.17 bits per heavy atom. The molecule has 0 saturated heterocycles. The highest BCUT2D eigenvalue weighted by Gasteiger charge is 2.22. The lowest BCUT2D eigenvalue weighted by Crippen LogP contribution is -2.43. The predicted molar refractivity (Wildman–Crippen MR) is 65.6 cm³/mol. The number of ether oxygens (including phenoxy) is 2. The molecule has 0 aliphatic carbocycles. The number of carbonyl (C=O) groups is 2. The van der Waals surface area contributed by atoms with Gasteiger partial charge in [-0.25, -0.2) is 4.79 Å². The minimum absolute atomic E-state index is 0.142. The molecule has 2 unspecified atom stereocenters. The van der Waals surface area contributed by atoms with Gasteiger partial charge < -0.3 is 19.9 Å². The van der Waals surface area contributed by atoms with Crippen LogP contribution in [0.5, 0.6) is 0 Å². The maximum atomic E-state index is 11.6. The summed E-state index contributed by atoms with van der Waals surface area (Å²) < 4.78 is 9.99. The van der Waals surface area contributed by atoms with Crippen molar-refractivity contribution >= 4 is 11.9 Å². The zero-order valence-corrected chi connectivity index (χ0v) is 10.8. The van der Waals surface area contributed by atoms with E-state index in [9.17, 15) is 9.59 Å². The van der Waals surface area contributed by atoms with Crippen LogP contribution in [0.25, 0.3) is 0 Å². The molecular weight excluding hydrogens is 238 g/mol. The van der Waals surface area contributed by atoms with Gasteiger partial charge in [0.05, 0.1) is 6.10 Å². The molecule has 0 radical (unpaired) electrons. The first kappa shape index (κ1) is 16.6. The lowest BCUT2D eigenvalue weighted by atomic mass is 10.3. The summed E-state index contributed by atoms with van der Waals surface area (Å²) in [6.07, 6.45) is 0.786. The first-order valence-electron chi connectivity index (χ1n) is 5.90. The Hall–Kier alpha value is -1.40. The molecule has 6 heteroatoms. The van der Waals surface area contributed by atoms with Gasteiger partial charge >= 0.3 is 5.97 Å². The van der Waals surface area contributed by atoms with Crippen molar-refractivity contribution in [3.8, 4) is 0 Å². The zero-order chi connectivity index (χ0) is 14.0. The summed E-state index contributed by atoms with van der Waals surface area (Å²) in [5.41, 5.74) is 0. The standard InChI is InChI=1S/C12H21NO5/c1-4-6-7-17-11(13-10(15)5-2)12(16)18-8-9(3)14/h5,9,11,14H,2,4,6-8H2,1,3H3,(H,13,15). The molecule has 0 aromatic carbocycles. The Labute approximate surface area is 107 Å². The molecule has 0 bridgehead atoms. The number of unbranched alkanes of at least 4 members (excludes halogenated alkanes) is 1. The normalized spacial score (nSPS) is 13.5. The number of rotatable bonds is 9. The third-order valence-electron chi connectivity index (χ3n) is 1.92. The van der Waals surface area contributed by atoms with Gasteiger partial charge in [0, 0.05) is 6.61 Å². The zero-order valence-electron chi connectivity index (χ0n) is 10.8. The van der Waals surface area contributed by atoms with Crippen molar-refractivity contribution < 1.29 is 24.2 Å².